The number of aliphatic imine (C=N–C) groups is 1. The number of pyridine rings is 1. The number of guanidine groups is 1. The maximum absolute atomic E-state index is 6.13. The second-order valence-corrected chi connectivity index (χ2v) is 5.70. The fourth-order valence-electron chi connectivity index (χ4n) is 2.84. The van der Waals surface area contributed by atoms with Crippen LogP contribution < -0.4 is 5.73 Å². The minimum atomic E-state index is 0. The predicted molar refractivity (Wildman–Crippen MR) is 101 cm³/mol. The van der Waals surface area contributed by atoms with Crippen molar-refractivity contribution in [3.63, 3.8) is 0 Å². The summed E-state index contributed by atoms with van der Waals surface area (Å²) in [6, 6.07) is 6.11. The van der Waals surface area contributed by atoms with Crippen molar-refractivity contribution in [1.82, 2.24) is 14.3 Å². The zero-order valence-electron chi connectivity index (χ0n) is 13.0. The van der Waals surface area contributed by atoms with Gasteiger partial charge in [-0.2, -0.15) is 0 Å². The third kappa shape index (κ3) is 3.91. The highest BCUT2D eigenvalue weighted by molar-refractivity contribution is 14.0. The van der Waals surface area contributed by atoms with Gasteiger partial charge in [-0.25, -0.2) is 9.98 Å². The third-order valence-corrected chi connectivity index (χ3v) is 4.08. The van der Waals surface area contributed by atoms with Gasteiger partial charge in [-0.15, -0.1) is 24.0 Å². The molecule has 0 aromatic carbocycles. The summed E-state index contributed by atoms with van der Waals surface area (Å²) in [5.74, 6) is 0.658. The Balaban J connectivity index is 0.00000176. The third-order valence-electron chi connectivity index (χ3n) is 4.08. The molecule has 0 aliphatic carbocycles. The molecule has 0 unspecified atom stereocenters. The van der Waals surface area contributed by atoms with E-state index in [-0.39, 0.29) is 24.0 Å². The number of aryl methyl sites for hydroxylation is 1. The SMILES string of the molecule is Cc1cccc2nc(CN=C(N)N3CCCCCC3)cn12.I. The number of aromatic nitrogens is 2. The number of nitrogens with two attached hydrogens (primary N) is 1. The first-order chi connectivity index (χ1) is 10.2. The first-order valence-corrected chi connectivity index (χ1v) is 7.72. The fourth-order valence-corrected chi connectivity index (χ4v) is 2.84. The molecule has 1 aliphatic heterocycles. The Bertz CT molecular complexity index is 641. The van der Waals surface area contributed by atoms with E-state index >= 15 is 0 Å². The summed E-state index contributed by atoms with van der Waals surface area (Å²) in [5, 5.41) is 0. The normalized spacial score (nSPS) is 16.4. The van der Waals surface area contributed by atoms with Gasteiger partial charge in [0.25, 0.3) is 0 Å². The van der Waals surface area contributed by atoms with Crippen molar-refractivity contribution >= 4 is 35.6 Å². The highest BCUT2D eigenvalue weighted by Gasteiger charge is 2.11. The van der Waals surface area contributed by atoms with Crippen LogP contribution in [-0.4, -0.2) is 33.3 Å². The molecule has 6 heteroatoms. The van der Waals surface area contributed by atoms with Crippen LogP contribution in [0.4, 0.5) is 0 Å². The molecule has 0 saturated carbocycles. The van der Waals surface area contributed by atoms with E-state index in [0.29, 0.717) is 12.5 Å². The van der Waals surface area contributed by atoms with Crippen LogP contribution in [-0.2, 0) is 6.54 Å². The van der Waals surface area contributed by atoms with Crippen LogP contribution in [0.2, 0.25) is 0 Å². The minimum Gasteiger partial charge on any atom is -0.370 e. The molecule has 22 heavy (non-hydrogen) atoms. The van der Waals surface area contributed by atoms with Crippen LogP contribution in [0.25, 0.3) is 5.65 Å². The number of imidazole rings is 1. The van der Waals surface area contributed by atoms with Gasteiger partial charge in [-0.05, 0) is 31.9 Å². The van der Waals surface area contributed by atoms with Gasteiger partial charge in [0.15, 0.2) is 5.96 Å². The highest BCUT2D eigenvalue weighted by Crippen LogP contribution is 2.11. The molecule has 2 aromatic rings. The molecule has 0 amide bonds. The topological polar surface area (TPSA) is 58.9 Å². The lowest BCUT2D eigenvalue weighted by molar-refractivity contribution is 0.428. The number of hydrogen-bond acceptors (Lipinski definition) is 2. The molecule has 1 aliphatic rings. The van der Waals surface area contributed by atoms with E-state index in [4.69, 9.17) is 5.73 Å². The maximum Gasteiger partial charge on any atom is 0.191 e. The van der Waals surface area contributed by atoms with Crippen molar-refractivity contribution in [2.24, 2.45) is 10.7 Å². The van der Waals surface area contributed by atoms with Crippen LogP contribution in [0.15, 0.2) is 29.4 Å². The Hall–Kier alpha value is -1.31. The molecule has 2 aromatic heterocycles. The van der Waals surface area contributed by atoms with Crippen molar-refractivity contribution in [2.45, 2.75) is 39.2 Å². The number of halogens is 1. The summed E-state index contributed by atoms with van der Waals surface area (Å²) in [4.78, 5) is 11.3. The van der Waals surface area contributed by atoms with Gasteiger partial charge in [0.2, 0.25) is 0 Å². The first-order valence-electron chi connectivity index (χ1n) is 7.72. The van der Waals surface area contributed by atoms with Crippen LogP contribution in [0.5, 0.6) is 0 Å². The Morgan fingerprint density at radius 3 is 2.64 bits per heavy atom. The number of hydrogen-bond donors (Lipinski definition) is 1. The molecule has 0 atom stereocenters. The van der Waals surface area contributed by atoms with Gasteiger partial charge in [0.1, 0.15) is 5.65 Å². The number of rotatable bonds is 2. The smallest absolute Gasteiger partial charge is 0.191 e. The second-order valence-electron chi connectivity index (χ2n) is 5.70. The Morgan fingerprint density at radius 1 is 1.23 bits per heavy atom. The monoisotopic (exact) mass is 413 g/mol. The lowest BCUT2D eigenvalue weighted by Crippen LogP contribution is -2.38. The summed E-state index contributed by atoms with van der Waals surface area (Å²) in [5.41, 5.74) is 9.23. The summed E-state index contributed by atoms with van der Waals surface area (Å²) in [6.45, 7) is 4.68. The Labute approximate surface area is 148 Å². The predicted octanol–water partition coefficient (Wildman–Crippen LogP) is 2.95. The highest BCUT2D eigenvalue weighted by atomic mass is 127. The molecule has 3 rings (SSSR count). The van der Waals surface area contributed by atoms with E-state index in [2.05, 4.69) is 32.3 Å². The van der Waals surface area contributed by atoms with Crippen LogP contribution in [0.1, 0.15) is 37.1 Å². The number of likely N-dealkylation sites (tertiary alicyclic amines) is 1. The zero-order chi connectivity index (χ0) is 14.7. The second kappa shape index (κ2) is 7.80. The molecule has 0 spiro atoms. The molecule has 2 N–H and O–H groups in total. The van der Waals surface area contributed by atoms with Crippen LogP contribution >= 0.6 is 24.0 Å². The largest absolute Gasteiger partial charge is 0.370 e. The van der Waals surface area contributed by atoms with E-state index < -0.39 is 0 Å². The van der Waals surface area contributed by atoms with Gasteiger partial charge >= 0.3 is 0 Å². The molecule has 120 valence electrons. The summed E-state index contributed by atoms with van der Waals surface area (Å²) in [6.07, 6.45) is 7.07. The first kappa shape index (κ1) is 17.1. The Kier molecular flexibility index (Phi) is 6.05. The van der Waals surface area contributed by atoms with E-state index in [9.17, 15) is 0 Å². The summed E-state index contributed by atoms with van der Waals surface area (Å²) < 4.78 is 2.09. The van der Waals surface area contributed by atoms with Crippen molar-refractivity contribution in [2.75, 3.05) is 13.1 Å². The molecule has 0 bridgehead atoms. The summed E-state index contributed by atoms with van der Waals surface area (Å²) in [7, 11) is 0. The lowest BCUT2D eigenvalue weighted by Gasteiger charge is -2.20. The van der Waals surface area contributed by atoms with E-state index in [0.717, 1.165) is 24.4 Å². The fraction of sp³-hybridized carbons (Fsp3) is 0.500. The molecule has 3 heterocycles. The maximum atomic E-state index is 6.13. The zero-order valence-corrected chi connectivity index (χ0v) is 15.4. The van der Waals surface area contributed by atoms with Gasteiger partial charge in [-0.3, -0.25) is 0 Å². The van der Waals surface area contributed by atoms with Gasteiger partial charge in [0, 0.05) is 25.0 Å². The quantitative estimate of drug-likeness (QED) is 0.468. The number of nitrogens with zero attached hydrogens (tertiary/aromatic N) is 4. The van der Waals surface area contributed by atoms with Crippen molar-refractivity contribution in [3.8, 4) is 0 Å². The average molecular weight is 413 g/mol. The molecule has 1 saturated heterocycles. The molecule has 0 radical (unpaired) electrons. The molecular formula is C16H24IN5. The van der Waals surface area contributed by atoms with Gasteiger partial charge < -0.3 is 15.0 Å². The minimum absolute atomic E-state index is 0. The molecule has 1 fully saturated rings. The van der Waals surface area contributed by atoms with Crippen molar-refractivity contribution in [3.05, 3.63) is 35.8 Å². The van der Waals surface area contributed by atoms with Crippen molar-refractivity contribution in [1.29, 1.82) is 0 Å². The number of fused-ring (bicyclic) bond motifs is 1. The van der Waals surface area contributed by atoms with Crippen molar-refractivity contribution < 1.29 is 0 Å². The van der Waals surface area contributed by atoms with Gasteiger partial charge in [-0.1, -0.05) is 18.9 Å². The lowest BCUT2D eigenvalue weighted by atomic mass is 10.2. The van der Waals surface area contributed by atoms with E-state index in [1.165, 1.54) is 31.4 Å². The van der Waals surface area contributed by atoms with Crippen LogP contribution in [0.3, 0.4) is 0 Å². The molecule has 5 nitrogen and oxygen atoms in total. The van der Waals surface area contributed by atoms with E-state index in [1.807, 2.05) is 18.3 Å². The Morgan fingerprint density at radius 2 is 1.95 bits per heavy atom. The standard InChI is InChI=1S/C16H23N5.HI/c1-13-7-6-8-15-19-14(12-21(13)15)11-18-16(17)20-9-4-2-3-5-10-20;/h6-8,12H,2-5,9-11H2,1H3,(H2,17,18);1H. The summed E-state index contributed by atoms with van der Waals surface area (Å²) >= 11 is 0. The molecular weight excluding hydrogens is 389 g/mol. The van der Waals surface area contributed by atoms with Gasteiger partial charge in [0.05, 0.1) is 12.2 Å². The van der Waals surface area contributed by atoms with Crippen LogP contribution in [0, 0.1) is 6.92 Å². The average Bonchev–Trinajstić information content (AvgIpc) is 2.71. The van der Waals surface area contributed by atoms with E-state index in [1.54, 1.807) is 0 Å².